The fourth-order valence-corrected chi connectivity index (χ4v) is 3.08. The number of hydrogen-bond acceptors (Lipinski definition) is 5. The molecule has 2 aromatic carbocycles. The maximum atomic E-state index is 12.6. The standard InChI is InChI=1S/C21H21N3O3/c1-15-19(23-21(27-15)16-5-3-2-4-6-16)20(25)22-17-7-9-18(10-8-17)24-11-13-26-14-12-24/h2-10H,11-14H2,1H3,(H,22,25). The summed E-state index contributed by atoms with van der Waals surface area (Å²) < 4.78 is 11.0. The van der Waals surface area contributed by atoms with E-state index in [1.165, 1.54) is 0 Å². The Morgan fingerprint density at radius 2 is 1.74 bits per heavy atom. The summed E-state index contributed by atoms with van der Waals surface area (Å²) in [5.74, 6) is 0.662. The van der Waals surface area contributed by atoms with Crippen LogP contribution in [0.25, 0.3) is 11.5 Å². The summed E-state index contributed by atoms with van der Waals surface area (Å²) in [6, 6.07) is 17.3. The molecular formula is C21H21N3O3. The van der Waals surface area contributed by atoms with Crippen molar-refractivity contribution in [3.63, 3.8) is 0 Å². The van der Waals surface area contributed by atoms with E-state index in [1.54, 1.807) is 6.92 Å². The van der Waals surface area contributed by atoms with Crippen LogP contribution in [0.1, 0.15) is 16.2 Å². The van der Waals surface area contributed by atoms with Crippen LogP contribution in [0.3, 0.4) is 0 Å². The first kappa shape index (κ1) is 17.3. The van der Waals surface area contributed by atoms with E-state index in [-0.39, 0.29) is 5.91 Å². The van der Waals surface area contributed by atoms with Crippen LogP contribution in [0.15, 0.2) is 59.0 Å². The number of carbonyl (C=O) groups excluding carboxylic acids is 1. The molecule has 1 amide bonds. The molecule has 2 heterocycles. The molecule has 0 atom stereocenters. The van der Waals surface area contributed by atoms with Gasteiger partial charge in [-0.15, -0.1) is 0 Å². The molecule has 1 saturated heterocycles. The van der Waals surface area contributed by atoms with E-state index in [2.05, 4.69) is 15.2 Å². The number of aromatic nitrogens is 1. The zero-order valence-corrected chi connectivity index (χ0v) is 15.1. The van der Waals surface area contributed by atoms with Gasteiger partial charge in [-0.3, -0.25) is 4.79 Å². The number of nitrogens with zero attached hydrogens (tertiary/aromatic N) is 2. The van der Waals surface area contributed by atoms with Gasteiger partial charge in [0, 0.05) is 30.0 Å². The minimum Gasteiger partial charge on any atom is -0.441 e. The van der Waals surface area contributed by atoms with Crippen LogP contribution in [-0.2, 0) is 4.74 Å². The molecule has 1 aromatic heterocycles. The topological polar surface area (TPSA) is 67.6 Å². The van der Waals surface area contributed by atoms with E-state index in [1.807, 2.05) is 54.6 Å². The van der Waals surface area contributed by atoms with Gasteiger partial charge in [-0.05, 0) is 43.3 Å². The van der Waals surface area contributed by atoms with Crippen molar-refractivity contribution in [1.29, 1.82) is 0 Å². The van der Waals surface area contributed by atoms with E-state index >= 15 is 0 Å². The number of carbonyl (C=O) groups is 1. The molecule has 0 unspecified atom stereocenters. The highest BCUT2D eigenvalue weighted by molar-refractivity contribution is 6.03. The molecule has 1 N–H and O–H groups in total. The van der Waals surface area contributed by atoms with Crippen LogP contribution in [-0.4, -0.2) is 37.2 Å². The Labute approximate surface area is 157 Å². The third kappa shape index (κ3) is 3.85. The lowest BCUT2D eigenvalue weighted by Crippen LogP contribution is -2.36. The van der Waals surface area contributed by atoms with Gasteiger partial charge in [0.2, 0.25) is 5.89 Å². The highest BCUT2D eigenvalue weighted by Gasteiger charge is 2.18. The van der Waals surface area contributed by atoms with E-state index in [9.17, 15) is 4.79 Å². The lowest BCUT2D eigenvalue weighted by atomic mass is 10.2. The van der Waals surface area contributed by atoms with Crippen LogP contribution in [0.2, 0.25) is 0 Å². The molecule has 0 aliphatic carbocycles. The number of benzene rings is 2. The summed E-state index contributed by atoms with van der Waals surface area (Å²) in [5.41, 5.74) is 2.99. The maximum absolute atomic E-state index is 12.6. The molecule has 0 radical (unpaired) electrons. The average molecular weight is 363 g/mol. The van der Waals surface area contributed by atoms with Crippen LogP contribution in [0.4, 0.5) is 11.4 Å². The molecule has 4 rings (SSSR count). The minimum absolute atomic E-state index is 0.280. The van der Waals surface area contributed by atoms with Crippen LogP contribution < -0.4 is 10.2 Å². The largest absolute Gasteiger partial charge is 0.441 e. The molecule has 6 nitrogen and oxygen atoms in total. The van der Waals surface area contributed by atoms with Gasteiger partial charge < -0.3 is 19.4 Å². The summed E-state index contributed by atoms with van der Waals surface area (Å²) in [4.78, 5) is 19.2. The summed E-state index contributed by atoms with van der Waals surface area (Å²) >= 11 is 0. The third-order valence-electron chi connectivity index (χ3n) is 4.53. The zero-order chi connectivity index (χ0) is 18.6. The molecular weight excluding hydrogens is 342 g/mol. The number of rotatable bonds is 4. The number of nitrogens with one attached hydrogen (secondary N) is 1. The van der Waals surface area contributed by atoms with Crippen molar-refractivity contribution in [1.82, 2.24) is 4.98 Å². The Morgan fingerprint density at radius 3 is 2.44 bits per heavy atom. The number of amides is 1. The first-order chi connectivity index (χ1) is 13.2. The smallest absolute Gasteiger partial charge is 0.277 e. The van der Waals surface area contributed by atoms with Gasteiger partial charge in [0.15, 0.2) is 5.69 Å². The van der Waals surface area contributed by atoms with Crippen LogP contribution >= 0.6 is 0 Å². The van der Waals surface area contributed by atoms with E-state index in [0.29, 0.717) is 17.3 Å². The first-order valence-electron chi connectivity index (χ1n) is 8.98. The van der Waals surface area contributed by atoms with E-state index < -0.39 is 0 Å². The minimum atomic E-state index is -0.280. The Bertz CT molecular complexity index is 914. The number of hydrogen-bond donors (Lipinski definition) is 1. The van der Waals surface area contributed by atoms with Crippen molar-refractivity contribution in [2.75, 3.05) is 36.5 Å². The van der Waals surface area contributed by atoms with Gasteiger partial charge in [0.1, 0.15) is 5.76 Å². The molecule has 0 bridgehead atoms. The van der Waals surface area contributed by atoms with Crippen LogP contribution in [0, 0.1) is 6.92 Å². The summed E-state index contributed by atoms with van der Waals surface area (Å²) in [7, 11) is 0. The zero-order valence-electron chi connectivity index (χ0n) is 15.1. The Hall–Kier alpha value is -3.12. The van der Waals surface area contributed by atoms with Gasteiger partial charge in [0.05, 0.1) is 13.2 Å². The number of aryl methyl sites for hydroxylation is 1. The SMILES string of the molecule is Cc1oc(-c2ccccc2)nc1C(=O)Nc1ccc(N2CCOCC2)cc1. The second-order valence-corrected chi connectivity index (χ2v) is 6.39. The molecule has 3 aromatic rings. The van der Waals surface area contributed by atoms with E-state index in [4.69, 9.17) is 9.15 Å². The van der Waals surface area contributed by atoms with E-state index in [0.717, 1.165) is 43.2 Å². The molecule has 1 fully saturated rings. The monoisotopic (exact) mass is 363 g/mol. The van der Waals surface area contributed by atoms with Crippen molar-refractivity contribution in [2.45, 2.75) is 6.92 Å². The van der Waals surface area contributed by atoms with Crippen molar-refractivity contribution < 1.29 is 13.9 Å². The van der Waals surface area contributed by atoms with Gasteiger partial charge in [0.25, 0.3) is 5.91 Å². The summed E-state index contributed by atoms with van der Waals surface area (Å²) in [5, 5.41) is 2.89. The first-order valence-corrected chi connectivity index (χ1v) is 8.98. The predicted octanol–water partition coefficient (Wildman–Crippen LogP) is 3.74. The van der Waals surface area contributed by atoms with Crippen molar-refractivity contribution >= 4 is 17.3 Å². The number of morpholine rings is 1. The predicted molar refractivity (Wildman–Crippen MR) is 104 cm³/mol. The Balaban J connectivity index is 1.47. The summed E-state index contributed by atoms with van der Waals surface area (Å²) in [6.07, 6.45) is 0. The van der Waals surface area contributed by atoms with Crippen LogP contribution in [0.5, 0.6) is 0 Å². The molecule has 138 valence electrons. The van der Waals surface area contributed by atoms with Gasteiger partial charge in [-0.1, -0.05) is 18.2 Å². The summed E-state index contributed by atoms with van der Waals surface area (Å²) in [6.45, 7) is 5.00. The number of oxazole rings is 1. The normalized spacial score (nSPS) is 14.2. The Kier molecular flexibility index (Phi) is 4.89. The van der Waals surface area contributed by atoms with Gasteiger partial charge in [-0.25, -0.2) is 4.98 Å². The maximum Gasteiger partial charge on any atom is 0.277 e. The molecule has 1 aliphatic rings. The van der Waals surface area contributed by atoms with Crippen molar-refractivity contribution in [2.24, 2.45) is 0 Å². The number of ether oxygens (including phenoxy) is 1. The van der Waals surface area contributed by atoms with Gasteiger partial charge >= 0.3 is 0 Å². The molecule has 27 heavy (non-hydrogen) atoms. The molecule has 1 aliphatic heterocycles. The highest BCUT2D eigenvalue weighted by Crippen LogP contribution is 2.23. The fourth-order valence-electron chi connectivity index (χ4n) is 3.08. The second kappa shape index (κ2) is 7.63. The lowest BCUT2D eigenvalue weighted by molar-refractivity contribution is 0.102. The molecule has 0 saturated carbocycles. The quantitative estimate of drug-likeness (QED) is 0.765. The van der Waals surface area contributed by atoms with Gasteiger partial charge in [-0.2, -0.15) is 0 Å². The molecule has 0 spiro atoms. The lowest BCUT2D eigenvalue weighted by Gasteiger charge is -2.28. The fraction of sp³-hybridized carbons (Fsp3) is 0.238. The third-order valence-corrected chi connectivity index (χ3v) is 4.53. The molecule has 6 heteroatoms. The highest BCUT2D eigenvalue weighted by atomic mass is 16.5. The Morgan fingerprint density at radius 1 is 1.04 bits per heavy atom. The second-order valence-electron chi connectivity index (χ2n) is 6.39. The number of anilines is 2. The average Bonchev–Trinajstić information content (AvgIpc) is 3.12. The van der Waals surface area contributed by atoms with Crippen molar-refractivity contribution in [3.05, 3.63) is 66.1 Å². The van der Waals surface area contributed by atoms with Crippen molar-refractivity contribution in [3.8, 4) is 11.5 Å².